The van der Waals surface area contributed by atoms with Crippen molar-refractivity contribution in [3.63, 3.8) is 0 Å². The van der Waals surface area contributed by atoms with Crippen LogP contribution in [0.3, 0.4) is 0 Å². The van der Waals surface area contributed by atoms with Crippen molar-refractivity contribution in [1.29, 1.82) is 0 Å². The largest absolute Gasteiger partial charge is 0.382 e. The Balaban J connectivity index is 0.00000529. The van der Waals surface area contributed by atoms with Gasteiger partial charge in [-0.1, -0.05) is 13.3 Å². The smallest absolute Gasteiger partial charge is 0.194 e. The number of nitrogens with zero attached hydrogens (tertiary/aromatic N) is 2. The number of likely N-dealkylation sites (tertiary alicyclic amines) is 1. The molecule has 6 nitrogen and oxygen atoms in total. The average Bonchev–Trinajstić information content (AvgIpc) is 3.02. The van der Waals surface area contributed by atoms with E-state index in [-0.39, 0.29) is 24.0 Å². The van der Waals surface area contributed by atoms with E-state index in [1.165, 1.54) is 6.42 Å². The molecule has 0 aliphatic carbocycles. The molecule has 0 amide bonds. The summed E-state index contributed by atoms with van der Waals surface area (Å²) in [6.07, 6.45) is 3.46. The summed E-state index contributed by atoms with van der Waals surface area (Å²) in [4.78, 5) is 7.02. The summed E-state index contributed by atoms with van der Waals surface area (Å²) in [6, 6.07) is 0. The van der Waals surface area contributed by atoms with Crippen molar-refractivity contribution in [3.05, 3.63) is 0 Å². The average molecular weight is 457 g/mol. The van der Waals surface area contributed by atoms with Gasteiger partial charge in [0.1, 0.15) is 0 Å². The molecule has 0 spiro atoms. The molecule has 0 radical (unpaired) electrons. The lowest BCUT2D eigenvalue weighted by Gasteiger charge is -2.21. The van der Waals surface area contributed by atoms with Gasteiger partial charge in [-0.15, -0.1) is 24.0 Å². The Morgan fingerprint density at radius 2 is 2.00 bits per heavy atom. The van der Waals surface area contributed by atoms with Gasteiger partial charge in [-0.25, -0.2) is 0 Å². The van der Waals surface area contributed by atoms with Crippen molar-refractivity contribution in [2.45, 2.75) is 33.1 Å². The second kappa shape index (κ2) is 16.4. The summed E-state index contributed by atoms with van der Waals surface area (Å²) in [5, 5.41) is 3.38. The molecule has 1 heterocycles. The Morgan fingerprint density at radius 1 is 1.17 bits per heavy atom. The number of halogens is 1. The lowest BCUT2D eigenvalue weighted by Crippen LogP contribution is -2.40. The quantitative estimate of drug-likeness (QED) is 0.211. The lowest BCUT2D eigenvalue weighted by molar-refractivity contribution is 0.0536. The van der Waals surface area contributed by atoms with Gasteiger partial charge in [0.2, 0.25) is 0 Å². The van der Waals surface area contributed by atoms with Gasteiger partial charge >= 0.3 is 0 Å². The zero-order valence-corrected chi connectivity index (χ0v) is 17.9. The summed E-state index contributed by atoms with van der Waals surface area (Å²) in [7, 11) is 1.70. The van der Waals surface area contributed by atoms with Gasteiger partial charge in [0.25, 0.3) is 0 Å². The number of guanidine groups is 1. The number of hydrogen-bond acceptors (Lipinski definition) is 4. The molecule has 7 heteroatoms. The minimum Gasteiger partial charge on any atom is -0.382 e. The Labute approximate surface area is 164 Å². The van der Waals surface area contributed by atoms with Gasteiger partial charge in [-0.3, -0.25) is 4.99 Å². The molecule has 1 atom stereocenters. The molecule has 0 saturated carbocycles. The van der Waals surface area contributed by atoms with Crippen LogP contribution in [0, 0.1) is 5.92 Å². The van der Waals surface area contributed by atoms with Crippen LogP contribution in [0.5, 0.6) is 0 Å². The Morgan fingerprint density at radius 3 is 2.71 bits per heavy atom. The molecular weight excluding hydrogens is 421 g/mol. The first-order valence-electron chi connectivity index (χ1n) is 8.99. The highest BCUT2D eigenvalue weighted by Gasteiger charge is 2.24. The lowest BCUT2D eigenvalue weighted by atomic mass is 10.1. The fourth-order valence-electron chi connectivity index (χ4n) is 2.54. The number of hydrogen-bond donors (Lipinski definition) is 1. The van der Waals surface area contributed by atoms with Crippen LogP contribution in [0.1, 0.15) is 33.1 Å². The van der Waals surface area contributed by atoms with E-state index in [9.17, 15) is 0 Å². The third-order valence-corrected chi connectivity index (χ3v) is 3.85. The fraction of sp³-hybridized carbons (Fsp3) is 0.941. The zero-order valence-electron chi connectivity index (χ0n) is 15.6. The first-order chi connectivity index (χ1) is 11.3. The second-order valence-electron chi connectivity index (χ2n) is 5.87. The Hall–Kier alpha value is -0.120. The molecule has 1 unspecified atom stereocenters. The van der Waals surface area contributed by atoms with Gasteiger partial charge < -0.3 is 24.4 Å². The molecule has 1 rings (SSSR count). The van der Waals surface area contributed by atoms with E-state index in [1.54, 1.807) is 7.11 Å². The molecule has 0 aromatic carbocycles. The van der Waals surface area contributed by atoms with Crippen LogP contribution in [0.15, 0.2) is 4.99 Å². The van der Waals surface area contributed by atoms with E-state index in [4.69, 9.17) is 14.2 Å². The number of ether oxygens (including phenoxy) is 3. The van der Waals surface area contributed by atoms with Crippen molar-refractivity contribution in [3.8, 4) is 0 Å². The molecule has 0 aromatic heterocycles. The van der Waals surface area contributed by atoms with Crippen LogP contribution in [0.2, 0.25) is 0 Å². The van der Waals surface area contributed by atoms with Crippen molar-refractivity contribution >= 4 is 29.9 Å². The van der Waals surface area contributed by atoms with Gasteiger partial charge in [0, 0.05) is 39.3 Å². The van der Waals surface area contributed by atoms with Gasteiger partial charge in [0.05, 0.1) is 33.0 Å². The molecule has 0 bridgehead atoms. The van der Waals surface area contributed by atoms with Crippen LogP contribution in [-0.2, 0) is 14.2 Å². The third kappa shape index (κ3) is 10.7. The highest BCUT2D eigenvalue weighted by molar-refractivity contribution is 14.0. The van der Waals surface area contributed by atoms with Crippen molar-refractivity contribution in [2.24, 2.45) is 10.9 Å². The molecule has 144 valence electrons. The highest BCUT2D eigenvalue weighted by atomic mass is 127. The molecular formula is C17H36IN3O3. The second-order valence-corrected chi connectivity index (χ2v) is 5.87. The van der Waals surface area contributed by atoms with E-state index in [1.807, 2.05) is 0 Å². The van der Waals surface area contributed by atoms with Crippen LogP contribution in [0.4, 0.5) is 0 Å². The number of methoxy groups -OCH3 is 1. The molecule has 1 N–H and O–H groups in total. The fourth-order valence-corrected chi connectivity index (χ4v) is 2.54. The zero-order chi connectivity index (χ0) is 16.8. The van der Waals surface area contributed by atoms with Gasteiger partial charge in [0.15, 0.2) is 5.96 Å². The van der Waals surface area contributed by atoms with E-state index in [2.05, 4.69) is 29.1 Å². The van der Waals surface area contributed by atoms with E-state index in [0.717, 1.165) is 58.2 Å². The van der Waals surface area contributed by atoms with E-state index >= 15 is 0 Å². The minimum absolute atomic E-state index is 0. The van der Waals surface area contributed by atoms with Crippen LogP contribution in [-0.4, -0.2) is 77.2 Å². The Kier molecular flexibility index (Phi) is 16.3. The summed E-state index contributed by atoms with van der Waals surface area (Å²) in [6.45, 7) is 11.6. The standard InChI is InChI=1S/C17H35N3O3.HI/c1-4-6-10-22-11-8-19-17(18-5-2)20-9-7-16(14-20)15-23-13-12-21-3;/h16H,4-15H2,1-3H3,(H,18,19);1H. The molecule has 1 fully saturated rings. The first-order valence-corrected chi connectivity index (χ1v) is 8.99. The molecule has 1 aliphatic heterocycles. The van der Waals surface area contributed by atoms with Crippen LogP contribution >= 0.6 is 24.0 Å². The summed E-state index contributed by atoms with van der Waals surface area (Å²) in [5.41, 5.74) is 0. The number of unbranched alkanes of at least 4 members (excludes halogenated alkanes) is 1. The molecule has 24 heavy (non-hydrogen) atoms. The summed E-state index contributed by atoms with van der Waals surface area (Å²) >= 11 is 0. The van der Waals surface area contributed by atoms with Gasteiger partial charge in [-0.05, 0) is 19.8 Å². The predicted molar refractivity (Wildman–Crippen MR) is 109 cm³/mol. The summed E-state index contributed by atoms with van der Waals surface area (Å²) in [5.74, 6) is 1.59. The van der Waals surface area contributed by atoms with E-state index in [0.29, 0.717) is 25.7 Å². The molecule has 1 aliphatic rings. The van der Waals surface area contributed by atoms with Crippen LogP contribution < -0.4 is 5.32 Å². The third-order valence-electron chi connectivity index (χ3n) is 3.85. The number of nitrogens with one attached hydrogen (secondary N) is 1. The Bertz CT molecular complexity index is 319. The van der Waals surface area contributed by atoms with Crippen LogP contribution in [0.25, 0.3) is 0 Å². The van der Waals surface area contributed by atoms with Gasteiger partial charge in [-0.2, -0.15) is 0 Å². The molecule has 1 saturated heterocycles. The van der Waals surface area contributed by atoms with Crippen molar-refractivity contribution in [2.75, 3.05) is 66.3 Å². The SMILES string of the molecule is CCCCOCCN=C(NCC)N1CCC(COCCOC)C1.I. The minimum atomic E-state index is 0. The maximum atomic E-state index is 5.65. The normalized spacial score (nSPS) is 17.9. The topological polar surface area (TPSA) is 55.3 Å². The van der Waals surface area contributed by atoms with E-state index < -0.39 is 0 Å². The predicted octanol–water partition coefficient (Wildman–Crippen LogP) is 2.37. The van der Waals surface area contributed by atoms with Crippen molar-refractivity contribution in [1.82, 2.24) is 10.2 Å². The summed E-state index contributed by atoms with van der Waals surface area (Å²) < 4.78 is 16.2. The first kappa shape index (κ1) is 23.9. The highest BCUT2D eigenvalue weighted by Crippen LogP contribution is 2.16. The molecule has 0 aromatic rings. The maximum Gasteiger partial charge on any atom is 0.194 e. The number of aliphatic imine (C=N–C) groups is 1. The number of rotatable bonds is 12. The maximum absolute atomic E-state index is 5.65. The van der Waals surface area contributed by atoms with Crippen molar-refractivity contribution < 1.29 is 14.2 Å². The monoisotopic (exact) mass is 457 g/mol.